The lowest BCUT2D eigenvalue weighted by molar-refractivity contribution is -0.125. The fourth-order valence-corrected chi connectivity index (χ4v) is 17.3. The van der Waals surface area contributed by atoms with Crippen LogP contribution in [0.2, 0.25) is 25.3 Å². The zero-order chi connectivity index (χ0) is 94.2. The van der Waals surface area contributed by atoms with Crippen molar-refractivity contribution in [2.75, 3.05) is 47.3 Å². The average Bonchev–Trinajstić information content (AvgIpc) is 1.58. The van der Waals surface area contributed by atoms with Crippen molar-refractivity contribution in [2.24, 2.45) is 0 Å². The number of rotatable bonds is 34. The Morgan fingerprint density at radius 1 is 0.276 bits per heavy atom. The van der Waals surface area contributed by atoms with E-state index < -0.39 is 0 Å². The van der Waals surface area contributed by atoms with E-state index in [0.717, 1.165) is 245 Å². The third kappa shape index (κ3) is 24.0. The number of hydrogen-bond donors (Lipinski definition) is 4. The standard InChI is InChI=1S/C27H32BN5O2.3C25H28BN5O2/c1-2-17-29-24(34)14-15-25(35)32-19-20-10-4-5-11-21(20)27-26(22-12-6-7-13-23(22)32)30-31-33(27)18-9-3-8-16-28;2*1-27-22(32)13-14-23(33)30-17-18-9-3-4-10-19(18)25-24(20-11-5-6-12-21(20)30)28-29-31(25)16-8-2-7-15-26;1-27-22(32)13-14-23(33)30-17-18-9-3-4-10-19(18)24-25(20-11-5-6-12-21(20)30)31(29-28-24)16-8-2-7-15-26/h4-7,10-13H,2-3,8-9,14-19H2,1H3,(H,29,34);3*3-6,9-12H,2,7-8,13-17H2,1H3,(H,27,32). The number of aromatic nitrogens is 12. The van der Waals surface area contributed by atoms with Gasteiger partial charge in [-0.2, -0.15) is 0 Å². The van der Waals surface area contributed by atoms with Crippen LogP contribution in [0.25, 0.3) is 90.1 Å². The first-order valence-electron chi connectivity index (χ1n) is 46.9. The summed E-state index contributed by atoms with van der Waals surface area (Å²) in [6.45, 7) is 7.28. The van der Waals surface area contributed by atoms with Crippen molar-refractivity contribution >= 4 is 101 Å². The first kappa shape index (κ1) is 97.9. The van der Waals surface area contributed by atoms with E-state index in [1.165, 1.54) is 0 Å². The molecule has 4 aliphatic heterocycles. The Hall–Kier alpha value is -13.7. The minimum Gasteiger partial charge on any atom is -0.359 e. The van der Waals surface area contributed by atoms with Gasteiger partial charge in [0.1, 0.15) is 22.8 Å². The second-order valence-electron chi connectivity index (χ2n) is 33.4. The van der Waals surface area contributed by atoms with E-state index in [-0.39, 0.29) is 98.6 Å². The third-order valence-electron chi connectivity index (χ3n) is 24.3. The number of carbonyl (C=O) groups is 8. The Morgan fingerprint density at radius 2 is 0.507 bits per heavy atom. The fourth-order valence-electron chi connectivity index (χ4n) is 17.3. The van der Waals surface area contributed by atoms with Crippen molar-refractivity contribution in [1.82, 2.24) is 81.2 Å². The molecule has 8 amide bonds. The van der Waals surface area contributed by atoms with E-state index in [2.05, 4.69) is 80.7 Å². The highest BCUT2D eigenvalue weighted by atomic mass is 16.2. The van der Waals surface area contributed by atoms with Gasteiger partial charge in [0, 0.05) is 150 Å². The average molecular weight is 1790 g/mol. The first-order chi connectivity index (χ1) is 65.5. The second kappa shape index (κ2) is 49.2. The molecule has 684 valence electrons. The summed E-state index contributed by atoms with van der Waals surface area (Å²) >= 11 is 0. The Morgan fingerprint density at radius 3 is 0.791 bits per heavy atom. The Bertz CT molecular complexity index is 5870. The maximum Gasteiger partial charge on any atom is 0.227 e. The minimum absolute atomic E-state index is 0.0865. The molecule has 32 heteroatoms. The lowest BCUT2D eigenvalue weighted by Gasteiger charge is -2.28. The quantitative estimate of drug-likeness (QED) is 0.0215. The molecule has 16 rings (SSSR count). The lowest BCUT2D eigenvalue weighted by Crippen LogP contribution is -2.33. The smallest absolute Gasteiger partial charge is 0.227 e. The number of benzene rings is 8. The molecule has 0 bridgehead atoms. The van der Waals surface area contributed by atoms with Gasteiger partial charge in [0.25, 0.3) is 0 Å². The summed E-state index contributed by atoms with van der Waals surface area (Å²) < 4.78 is 7.88. The van der Waals surface area contributed by atoms with Gasteiger partial charge in [-0.05, 0) is 78.6 Å². The van der Waals surface area contributed by atoms with Crippen molar-refractivity contribution in [3.05, 3.63) is 216 Å². The maximum atomic E-state index is 13.4. The fraction of sp³-hybridized carbons (Fsp3) is 0.373. The Kier molecular flexibility index (Phi) is 35.9. The molecule has 0 spiro atoms. The number of anilines is 4. The molecule has 4 aromatic heterocycles. The number of unbranched alkanes of at least 4 members (excludes halogenated alkanes) is 8. The topological polar surface area (TPSA) is 320 Å². The number of amides is 8. The molecule has 0 atom stereocenters. The summed E-state index contributed by atoms with van der Waals surface area (Å²) in [6.07, 6.45) is 16.8. The second-order valence-corrected chi connectivity index (χ2v) is 33.4. The summed E-state index contributed by atoms with van der Waals surface area (Å²) in [4.78, 5) is 108. The third-order valence-corrected chi connectivity index (χ3v) is 24.3. The summed E-state index contributed by atoms with van der Waals surface area (Å²) in [5, 5.41) is 46.9. The van der Waals surface area contributed by atoms with Crippen molar-refractivity contribution in [2.45, 2.75) is 219 Å². The van der Waals surface area contributed by atoms with Gasteiger partial charge < -0.3 is 40.9 Å². The molecule has 0 unspecified atom stereocenters. The summed E-state index contributed by atoms with van der Waals surface area (Å²) in [5.41, 5.74) is 21.7. The van der Waals surface area contributed by atoms with Gasteiger partial charge in [-0.25, -0.2) is 18.7 Å². The summed E-state index contributed by atoms with van der Waals surface area (Å²) in [6, 6.07) is 63.5. The van der Waals surface area contributed by atoms with Crippen LogP contribution in [0.5, 0.6) is 0 Å². The van der Waals surface area contributed by atoms with E-state index in [1.807, 2.05) is 202 Å². The molecule has 8 heterocycles. The molecule has 8 radical (unpaired) electrons. The molecule has 0 saturated carbocycles. The number of nitrogens with one attached hydrogen (secondary N) is 4. The molecular weight excluding hydrogens is 1680 g/mol. The van der Waals surface area contributed by atoms with E-state index in [9.17, 15) is 38.4 Å². The largest absolute Gasteiger partial charge is 0.359 e. The molecule has 134 heavy (non-hydrogen) atoms. The number of fused-ring (bicyclic) bond motifs is 20. The molecule has 28 nitrogen and oxygen atoms in total. The predicted octanol–water partition coefficient (Wildman–Crippen LogP) is 15.7. The molecule has 12 aromatic rings. The van der Waals surface area contributed by atoms with Gasteiger partial charge >= 0.3 is 0 Å². The Labute approximate surface area is 789 Å². The SMILES string of the molecule is [B]CCCCCn1nnc2c1-c1ccccc1CN(C(=O)CCC(=O)NC)c1ccccc1-2.[B]CCCCCn1nnc2c1-c1ccccc1CN(C(=O)CCC(=O)NC)c1ccccc1-2.[B]CCCCCn1nnc2c1-c1ccccc1CN(C(=O)CCC(=O)NCCC)c1ccccc1-2.[B]CCCCCn1nnc2c1-c1ccccc1N(C(=O)CCC(=O)NC)Cc1ccccc1-2. The summed E-state index contributed by atoms with van der Waals surface area (Å²) in [7, 11) is 27.3. The van der Waals surface area contributed by atoms with E-state index in [1.54, 1.807) is 40.7 Å². The van der Waals surface area contributed by atoms with Gasteiger partial charge in [-0.1, -0.05) is 274 Å². The van der Waals surface area contributed by atoms with Crippen LogP contribution < -0.4 is 40.9 Å². The van der Waals surface area contributed by atoms with Gasteiger partial charge in [0.2, 0.25) is 47.3 Å². The highest BCUT2D eigenvalue weighted by Crippen LogP contribution is 2.47. The lowest BCUT2D eigenvalue weighted by atomic mass is 9.95. The number of aryl methyl sites for hydroxylation is 4. The molecule has 0 aliphatic carbocycles. The van der Waals surface area contributed by atoms with Gasteiger partial charge in [0.05, 0.1) is 103 Å². The van der Waals surface area contributed by atoms with Gasteiger partial charge in [-0.3, -0.25) is 38.4 Å². The van der Waals surface area contributed by atoms with Gasteiger partial charge in [-0.15, -0.1) is 20.4 Å². The normalized spacial score (nSPS) is 12.2. The van der Waals surface area contributed by atoms with Crippen LogP contribution >= 0.6 is 0 Å². The zero-order valence-corrected chi connectivity index (χ0v) is 77.2. The number of para-hydroxylation sites is 4. The molecule has 4 aliphatic rings. The highest BCUT2D eigenvalue weighted by Gasteiger charge is 2.35. The molecule has 4 N–H and O–H groups in total. The predicted molar refractivity (Wildman–Crippen MR) is 528 cm³/mol. The van der Waals surface area contributed by atoms with Crippen LogP contribution in [0.4, 0.5) is 22.7 Å². The maximum absolute atomic E-state index is 13.4. The van der Waals surface area contributed by atoms with Crippen LogP contribution in [0.3, 0.4) is 0 Å². The number of carbonyl (C=O) groups excluding carboxylic acids is 8. The number of nitrogens with zero attached hydrogens (tertiary/aromatic N) is 16. The van der Waals surface area contributed by atoms with Crippen LogP contribution in [0.1, 0.15) is 164 Å². The van der Waals surface area contributed by atoms with E-state index >= 15 is 0 Å². The van der Waals surface area contributed by atoms with E-state index in [4.69, 9.17) is 31.4 Å². The molecule has 0 saturated heterocycles. The molecule has 0 fully saturated rings. The zero-order valence-electron chi connectivity index (χ0n) is 77.2. The first-order valence-corrected chi connectivity index (χ1v) is 46.9. The van der Waals surface area contributed by atoms with E-state index in [0.29, 0.717) is 58.0 Å². The van der Waals surface area contributed by atoms with Crippen LogP contribution in [0, 0.1) is 0 Å². The van der Waals surface area contributed by atoms with Crippen molar-refractivity contribution in [1.29, 1.82) is 0 Å². The summed E-state index contributed by atoms with van der Waals surface area (Å²) in [5.74, 6) is -0.917. The van der Waals surface area contributed by atoms with Crippen molar-refractivity contribution in [3.8, 4) is 90.1 Å². The Balaban J connectivity index is 0.000000152. The van der Waals surface area contributed by atoms with Crippen LogP contribution in [-0.2, 0) is 90.7 Å². The monoisotopic (exact) mass is 1790 g/mol. The molecule has 8 aromatic carbocycles. The van der Waals surface area contributed by atoms with Crippen LogP contribution in [0.15, 0.2) is 194 Å². The highest BCUT2D eigenvalue weighted by molar-refractivity contribution is 6.10. The van der Waals surface area contributed by atoms with Crippen LogP contribution in [-0.4, -0.2) is 166 Å². The van der Waals surface area contributed by atoms with Crippen molar-refractivity contribution in [3.63, 3.8) is 0 Å². The molecular formula is C102H116B4N20O8. The minimum atomic E-state index is -0.149. The van der Waals surface area contributed by atoms with Gasteiger partial charge in [0.15, 0.2) is 0 Å². The van der Waals surface area contributed by atoms with Crippen molar-refractivity contribution < 1.29 is 38.4 Å². The number of hydrogen-bond acceptors (Lipinski definition) is 16.